The van der Waals surface area contributed by atoms with Gasteiger partial charge in [-0.15, -0.1) is 10.2 Å². The van der Waals surface area contributed by atoms with E-state index in [0.717, 1.165) is 40.8 Å². The molecule has 1 aliphatic rings. The van der Waals surface area contributed by atoms with Gasteiger partial charge < -0.3 is 10.2 Å². The van der Waals surface area contributed by atoms with Crippen molar-refractivity contribution in [1.29, 1.82) is 0 Å². The van der Waals surface area contributed by atoms with E-state index in [0.29, 0.717) is 0 Å². The number of nitrogens with zero attached hydrogens (tertiary/aromatic N) is 5. The van der Waals surface area contributed by atoms with Crippen molar-refractivity contribution >= 4 is 33.5 Å². The number of hydrogen-bond acceptors (Lipinski definition) is 6. The molecule has 4 aromatic rings. The standard InChI is InChI=1S/C20H20N6S/c1-2-8-25(9-3-1)17-7-10-26-18(13-21-19(26)12-17)15-5-4-6-16(11-15)23-20-24-22-14-27-20/h4-7,10-14H,1-3,8-9H2,(H,23,24). The maximum absolute atomic E-state index is 4.65. The summed E-state index contributed by atoms with van der Waals surface area (Å²) < 4.78 is 2.15. The lowest BCUT2D eigenvalue weighted by molar-refractivity contribution is 0.578. The molecular weight excluding hydrogens is 356 g/mol. The quantitative estimate of drug-likeness (QED) is 0.565. The SMILES string of the molecule is c1cc(Nc2nncs2)cc(-c2cnc3cc(N4CCCCC4)ccn23)c1. The van der Waals surface area contributed by atoms with Crippen LogP contribution in [0.3, 0.4) is 0 Å². The normalized spacial score (nSPS) is 14.6. The molecule has 0 spiro atoms. The molecule has 0 saturated carbocycles. The Bertz CT molecular complexity index is 1050. The van der Waals surface area contributed by atoms with Crippen molar-refractivity contribution in [2.24, 2.45) is 0 Å². The average molecular weight is 376 g/mol. The average Bonchev–Trinajstić information content (AvgIpc) is 3.38. The highest BCUT2D eigenvalue weighted by atomic mass is 32.1. The van der Waals surface area contributed by atoms with Crippen LogP contribution in [0.1, 0.15) is 19.3 Å². The van der Waals surface area contributed by atoms with Gasteiger partial charge in [0.25, 0.3) is 0 Å². The summed E-state index contributed by atoms with van der Waals surface area (Å²) in [5.41, 5.74) is 7.15. The van der Waals surface area contributed by atoms with Crippen molar-refractivity contribution < 1.29 is 0 Å². The molecule has 1 aromatic carbocycles. The zero-order chi connectivity index (χ0) is 18.1. The summed E-state index contributed by atoms with van der Waals surface area (Å²) in [6.45, 7) is 2.28. The van der Waals surface area contributed by atoms with Crippen LogP contribution in [0.2, 0.25) is 0 Å². The summed E-state index contributed by atoms with van der Waals surface area (Å²) in [7, 11) is 0. The fourth-order valence-corrected chi connectivity index (χ4v) is 4.10. The number of nitrogens with one attached hydrogen (secondary N) is 1. The van der Waals surface area contributed by atoms with E-state index < -0.39 is 0 Å². The Hall–Kier alpha value is -2.93. The molecule has 136 valence electrons. The summed E-state index contributed by atoms with van der Waals surface area (Å²) in [5.74, 6) is 0. The molecule has 3 aromatic heterocycles. The third-order valence-corrected chi connectivity index (χ3v) is 5.59. The van der Waals surface area contributed by atoms with Gasteiger partial charge in [0, 0.05) is 42.3 Å². The molecule has 6 nitrogen and oxygen atoms in total. The molecule has 27 heavy (non-hydrogen) atoms. The highest BCUT2D eigenvalue weighted by Crippen LogP contribution is 2.28. The lowest BCUT2D eigenvalue weighted by Crippen LogP contribution is -2.29. The molecule has 5 rings (SSSR count). The maximum Gasteiger partial charge on any atom is 0.209 e. The molecule has 4 heterocycles. The zero-order valence-electron chi connectivity index (χ0n) is 14.9. The zero-order valence-corrected chi connectivity index (χ0v) is 15.7. The van der Waals surface area contributed by atoms with E-state index in [2.05, 4.69) is 60.3 Å². The number of anilines is 3. The largest absolute Gasteiger partial charge is 0.371 e. The van der Waals surface area contributed by atoms with E-state index >= 15 is 0 Å². The summed E-state index contributed by atoms with van der Waals surface area (Å²) in [5, 5.41) is 12.0. The molecular formula is C20H20N6S. The van der Waals surface area contributed by atoms with E-state index in [1.807, 2.05) is 18.3 Å². The molecule has 0 aliphatic carbocycles. The summed E-state index contributed by atoms with van der Waals surface area (Å²) in [4.78, 5) is 7.11. The third-order valence-electron chi connectivity index (χ3n) is 4.99. The highest BCUT2D eigenvalue weighted by molar-refractivity contribution is 7.13. The molecule has 7 heteroatoms. The monoisotopic (exact) mass is 376 g/mol. The minimum Gasteiger partial charge on any atom is -0.371 e. The van der Waals surface area contributed by atoms with Gasteiger partial charge in [0.05, 0.1) is 11.9 Å². The topological polar surface area (TPSA) is 58.4 Å². The van der Waals surface area contributed by atoms with Crippen LogP contribution < -0.4 is 10.2 Å². The van der Waals surface area contributed by atoms with E-state index in [1.165, 1.54) is 36.3 Å². The number of pyridine rings is 1. The van der Waals surface area contributed by atoms with Gasteiger partial charge in [-0.1, -0.05) is 23.5 Å². The summed E-state index contributed by atoms with van der Waals surface area (Å²) in [6, 6.07) is 12.7. The first-order chi connectivity index (χ1) is 13.4. The van der Waals surface area contributed by atoms with Gasteiger partial charge in [0.1, 0.15) is 11.2 Å². The Morgan fingerprint density at radius 3 is 2.81 bits per heavy atom. The van der Waals surface area contributed by atoms with Crippen molar-refractivity contribution in [3.8, 4) is 11.3 Å². The number of aromatic nitrogens is 4. The minimum absolute atomic E-state index is 0.788. The van der Waals surface area contributed by atoms with Crippen molar-refractivity contribution in [3.05, 3.63) is 54.3 Å². The Morgan fingerprint density at radius 2 is 1.96 bits per heavy atom. The lowest BCUT2D eigenvalue weighted by Gasteiger charge is -2.28. The second-order valence-electron chi connectivity index (χ2n) is 6.75. The van der Waals surface area contributed by atoms with E-state index in [4.69, 9.17) is 0 Å². The van der Waals surface area contributed by atoms with Gasteiger partial charge in [-0.2, -0.15) is 0 Å². The van der Waals surface area contributed by atoms with Crippen LogP contribution in [-0.2, 0) is 0 Å². The van der Waals surface area contributed by atoms with Gasteiger partial charge >= 0.3 is 0 Å². The molecule has 0 unspecified atom stereocenters. The van der Waals surface area contributed by atoms with Crippen molar-refractivity contribution in [2.45, 2.75) is 19.3 Å². The molecule has 0 atom stereocenters. The Kier molecular flexibility index (Phi) is 4.21. The van der Waals surface area contributed by atoms with E-state index in [-0.39, 0.29) is 0 Å². The molecule has 0 radical (unpaired) electrons. The number of hydrogen-bond donors (Lipinski definition) is 1. The van der Waals surface area contributed by atoms with Crippen molar-refractivity contribution in [1.82, 2.24) is 19.6 Å². The van der Waals surface area contributed by atoms with Crippen LogP contribution in [0.25, 0.3) is 16.9 Å². The van der Waals surface area contributed by atoms with Crippen LogP contribution in [0.5, 0.6) is 0 Å². The highest BCUT2D eigenvalue weighted by Gasteiger charge is 2.13. The number of fused-ring (bicyclic) bond motifs is 1. The minimum atomic E-state index is 0.788. The molecule has 1 saturated heterocycles. The fraction of sp³-hybridized carbons (Fsp3) is 0.250. The van der Waals surface area contributed by atoms with Crippen LogP contribution >= 0.6 is 11.3 Å². The first-order valence-electron chi connectivity index (χ1n) is 9.22. The van der Waals surface area contributed by atoms with Crippen LogP contribution in [0.15, 0.2) is 54.3 Å². The van der Waals surface area contributed by atoms with E-state index in [9.17, 15) is 0 Å². The molecule has 1 fully saturated rings. The molecule has 0 bridgehead atoms. The van der Waals surface area contributed by atoms with Gasteiger partial charge in [-0.05, 0) is 37.5 Å². The molecule has 0 amide bonds. The van der Waals surface area contributed by atoms with Gasteiger partial charge in [0.2, 0.25) is 5.13 Å². The number of benzene rings is 1. The Labute approximate surface area is 161 Å². The summed E-state index contributed by atoms with van der Waals surface area (Å²) >= 11 is 1.48. The lowest BCUT2D eigenvalue weighted by atomic mass is 10.1. The predicted octanol–water partition coefficient (Wildman–Crippen LogP) is 4.59. The van der Waals surface area contributed by atoms with E-state index in [1.54, 1.807) is 5.51 Å². The summed E-state index contributed by atoms with van der Waals surface area (Å²) in [6.07, 6.45) is 7.97. The second-order valence-corrected chi connectivity index (χ2v) is 7.59. The maximum atomic E-state index is 4.65. The number of piperidine rings is 1. The molecule has 1 N–H and O–H groups in total. The van der Waals surface area contributed by atoms with Crippen LogP contribution in [0.4, 0.5) is 16.5 Å². The number of rotatable bonds is 4. The third kappa shape index (κ3) is 3.26. The first kappa shape index (κ1) is 16.3. The van der Waals surface area contributed by atoms with Gasteiger partial charge in [-0.25, -0.2) is 4.98 Å². The molecule has 1 aliphatic heterocycles. The fourth-order valence-electron chi connectivity index (χ4n) is 3.64. The van der Waals surface area contributed by atoms with Gasteiger partial charge in [0.15, 0.2) is 0 Å². The van der Waals surface area contributed by atoms with Crippen LogP contribution in [-0.4, -0.2) is 32.7 Å². The smallest absolute Gasteiger partial charge is 0.209 e. The number of imidazole rings is 1. The van der Waals surface area contributed by atoms with Crippen LogP contribution in [0, 0.1) is 0 Å². The first-order valence-corrected chi connectivity index (χ1v) is 10.1. The predicted molar refractivity (Wildman–Crippen MR) is 110 cm³/mol. The Balaban J connectivity index is 1.46. The second kappa shape index (κ2) is 7.00. The van der Waals surface area contributed by atoms with Crippen molar-refractivity contribution in [3.63, 3.8) is 0 Å². The van der Waals surface area contributed by atoms with Crippen molar-refractivity contribution in [2.75, 3.05) is 23.3 Å². The van der Waals surface area contributed by atoms with Gasteiger partial charge in [-0.3, -0.25) is 4.40 Å². The Morgan fingerprint density at radius 1 is 1.04 bits per heavy atom.